The van der Waals surface area contributed by atoms with Crippen molar-refractivity contribution in [1.29, 1.82) is 0 Å². The molecule has 1 N–H and O–H groups in total. The summed E-state index contributed by atoms with van der Waals surface area (Å²) in [7, 11) is 3.98. The first-order valence-electron chi connectivity index (χ1n) is 6.37. The van der Waals surface area contributed by atoms with Gasteiger partial charge < -0.3 is 14.6 Å². The van der Waals surface area contributed by atoms with Gasteiger partial charge in [-0.2, -0.15) is 0 Å². The molecule has 0 fully saturated rings. The average molecular weight is 270 g/mol. The number of carbonyl (C=O) groups excluding carboxylic acids is 1. The van der Waals surface area contributed by atoms with Gasteiger partial charge in [0.05, 0.1) is 0 Å². The van der Waals surface area contributed by atoms with E-state index in [0.717, 1.165) is 17.1 Å². The van der Waals surface area contributed by atoms with Crippen molar-refractivity contribution in [3.63, 3.8) is 0 Å². The highest BCUT2D eigenvalue weighted by Gasteiger charge is 2.05. The summed E-state index contributed by atoms with van der Waals surface area (Å²) in [6, 6.07) is 11.4. The monoisotopic (exact) mass is 270 g/mol. The molecule has 0 spiro atoms. The largest absolute Gasteiger partial charge is 0.458 e. The Balaban J connectivity index is 1.94. The molecule has 0 aliphatic carbocycles. The van der Waals surface area contributed by atoms with E-state index in [1.165, 1.54) is 6.08 Å². The Hall–Kier alpha value is -2.49. The molecule has 0 bridgehead atoms. The number of benzene rings is 1. The molecule has 1 aromatic heterocycles. The predicted octanol–water partition coefficient (Wildman–Crippen LogP) is 3.46. The Bertz CT molecular complexity index is 610. The molecule has 0 amide bonds. The van der Waals surface area contributed by atoms with Crippen molar-refractivity contribution in [2.24, 2.45) is 0 Å². The lowest BCUT2D eigenvalue weighted by Crippen LogP contribution is -2.08. The Kier molecular flexibility index (Phi) is 4.25. The molecular weight excluding hydrogens is 252 g/mol. The minimum Gasteiger partial charge on any atom is -0.458 e. The summed E-state index contributed by atoms with van der Waals surface area (Å²) < 4.78 is 5.26. The highest BCUT2D eigenvalue weighted by atomic mass is 16.3. The molecule has 1 heterocycles. The quantitative estimate of drug-likeness (QED) is 0.667. The summed E-state index contributed by atoms with van der Waals surface area (Å²) in [5, 5.41) is 3.06. The number of carbonyl (C=O) groups is 1. The first-order valence-corrected chi connectivity index (χ1v) is 6.37. The molecule has 0 aliphatic rings. The maximum Gasteiger partial charge on any atom is 0.222 e. The number of anilines is 2. The maximum atomic E-state index is 11.8. The average Bonchev–Trinajstić information content (AvgIpc) is 2.86. The van der Waals surface area contributed by atoms with Crippen LogP contribution in [0.1, 0.15) is 16.3 Å². The van der Waals surface area contributed by atoms with Crippen LogP contribution in [-0.4, -0.2) is 19.9 Å². The number of hydrogen-bond acceptors (Lipinski definition) is 4. The highest BCUT2D eigenvalue weighted by molar-refractivity contribution is 6.02. The summed E-state index contributed by atoms with van der Waals surface area (Å²) in [4.78, 5) is 13.8. The van der Waals surface area contributed by atoms with Crippen molar-refractivity contribution >= 4 is 17.2 Å². The Morgan fingerprint density at radius 3 is 2.40 bits per heavy atom. The van der Waals surface area contributed by atoms with Gasteiger partial charge in [0.2, 0.25) is 5.78 Å². The molecule has 4 nitrogen and oxygen atoms in total. The van der Waals surface area contributed by atoms with Gasteiger partial charge in [-0.15, -0.1) is 0 Å². The second-order valence-corrected chi connectivity index (χ2v) is 4.69. The zero-order chi connectivity index (χ0) is 14.5. The van der Waals surface area contributed by atoms with E-state index in [-0.39, 0.29) is 5.78 Å². The molecule has 0 saturated heterocycles. The van der Waals surface area contributed by atoms with Crippen LogP contribution in [0.4, 0.5) is 11.4 Å². The molecule has 104 valence electrons. The van der Waals surface area contributed by atoms with Gasteiger partial charge >= 0.3 is 0 Å². The summed E-state index contributed by atoms with van der Waals surface area (Å²) in [6.07, 6.45) is 3.07. The van der Waals surface area contributed by atoms with E-state index >= 15 is 0 Å². The number of aryl methyl sites for hydroxylation is 1. The fourth-order valence-corrected chi connectivity index (χ4v) is 1.72. The van der Waals surface area contributed by atoms with Crippen molar-refractivity contribution in [1.82, 2.24) is 0 Å². The van der Waals surface area contributed by atoms with Crippen LogP contribution in [0.3, 0.4) is 0 Å². The smallest absolute Gasteiger partial charge is 0.222 e. The number of ketones is 1. The molecular formula is C16H18N2O2. The van der Waals surface area contributed by atoms with Crippen LogP contribution in [-0.2, 0) is 0 Å². The second-order valence-electron chi connectivity index (χ2n) is 4.69. The van der Waals surface area contributed by atoms with Crippen molar-refractivity contribution < 1.29 is 9.21 Å². The molecule has 0 saturated carbocycles. The molecule has 4 heteroatoms. The number of hydrogen-bond donors (Lipinski definition) is 1. The van der Waals surface area contributed by atoms with Crippen LogP contribution in [0, 0.1) is 6.92 Å². The molecule has 2 rings (SSSR count). The van der Waals surface area contributed by atoms with Gasteiger partial charge in [0.1, 0.15) is 5.76 Å². The zero-order valence-corrected chi connectivity index (χ0v) is 11.9. The maximum absolute atomic E-state index is 11.8. The Morgan fingerprint density at radius 1 is 1.15 bits per heavy atom. The van der Waals surface area contributed by atoms with Gasteiger partial charge in [0.15, 0.2) is 5.76 Å². The third-order valence-corrected chi connectivity index (χ3v) is 2.85. The summed E-state index contributed by atoms with van der Waals surface area (Å²) in [5.41, 5.74) is 2.05. The lowest BCUT2D eigenvalue weighted by Gasteiger charge is -2.12. The van der Waals surface area contributed by atoms with Crippen molar-refractivity contribution in [3.8, 4) is 0 Å². The van der Waals surface area contributed by atoms with Gasteiger partial charge in [-0.3, -0.25) is 4.79 Å². The van der Waals surface area contributed by atoms with E-state index < -0.39 is 0 Å². The van der Waals surface area contributed by atoms with Gasteiger partial charge in [-0.05, 0) is 43.3 Å². The summed E-state index contributed by atoms with van der Waals surface area (Å²) in [5.74, 6) is 0.924. The minimum atomic E-state index is -0.157. The molecule has 2 aromatic rings. The molecule has 0 atom stereocenters. The van der Waals surface area contributed by atoms with E-state index in [0.29, 0.717) is 5.76 Å². The third-order valence-electron chi connectivity index (χ3n) is 2.85. The Labute approximate surface area is 118 Å². The number of nitrogens with one attached hydrogen (secondary N) is 1. The fraction of sp³-hybridized carbons (Fsp3) is 0.188. The van der Waals surface area contributed by atoms with E-state index in [9.17, 15) is 4.79 Å². The number of rotatable bonds is 5. The van der Waals surface area contributed by atoms with Gasteiger partial charge in [-0.25, -0.2) is 0 Å². The second kappa shape index (κ2) is 6.10. The first-order chi connectivity index (χ1) is 9.56. The van der Waals surface area contributed by atoms with E-state index in [1.54, 1.807) is 18.3 Å². The lowest BCUT2D eigenvalue weighted by molar-refractivity contribution is 0.102. The third kappa shape index (κ3) is 3.51. The molecule has 0 aliphatic heterocycles. The first kappa shape index (κ1) is 13.9. The number of allylic oxidation sites excluding steroid dienone is 1. The van der Waals surface area contributed by atoms with E-state index in [4.69, 9.17) is 4.42 Å². The topological polar surface area (TPSA) is 45.5 Å². The Morgan fingerprint density at radius 2 is 1.85 bits per heavy atom. The molecule has 0 unspecified atom stereocenters. The molecule has 0 radical (unpaired) electrons. The van der Waals surface area contributed by atoms with Gasteiger partial charge in [0.25, 0.3) is 0 Å². The van der Waals surface area contributed by atoms with Crippen LogP contribution >= 0.6 is 0 Å². The van der Waals surface area contributed by atoms with Crippen LogP contribution < -0.4 is 10.2 Å². The van der Waals surface area contributed by atoms with Crippen LogP contribution in [0.2, 0.25) is 0 Å². The van der Waals surface area contributed by atoms with Crippen LogP contribution in [0.5, 0.6) is 0 Å². The van der Waals surface area contributed by atoms with Crippen molar-refractivity contribution in [3.05, 3.63) is 60.2 Å². The van der Waals surface area contributed by atoms with Gasteiger partial charge in [0, 0.05) is 37.7 Å². The summed E-state index contributed by atoms with van der Waals surface area (Å²) >= 11 is 0. The lowest BCUT2D eigenvalue weighted by atomic mass is 10.2. The normalized spacial score (nSPS) is 10.8. The molecule has 20 heavy (non-hydrogen) atoms. The van der Waals surface area contributed by atoms with Crippen molar-refractivity contribution in [2.45, 2.75) is 6.92 Å². The van der Waals surface area contributed by atoms with Gasteiger partial charge in [-0.1, -0.05) is 0 Å². The number of nitrogens with zero attached hydrogens (tertiary/aromatic N) is 1. The summed E-state index contributed by atoms with van der Waals surface area (Å²) in [6.45, 7) is 1.81. The fourth-order valence-electron chi connectivity index (χ4n) is 1.72. The minimum absolute atomic E-state index is 0.157. The van der Waals surface area contributed by atoms with E-state index in [2.05, 4.69) is 5.32 Å². The van der Waals surface area contributed by atoms with Crippen LogP contribution in [0.15, 0.2) is 53.1 Å². The number of furan rings is 1. The SMILES string of the molecule is Cc1ccc(C(=O)/C=C/Nc2ccc(N(C)C)cc2)o1. The molecule has 1 aromatic carbocycles. The highest BCUT2D eigenvalue weighted by Crippen LogP contribution is 2.15. The van der Waals surface area contributed by atoms with Crippen LogP contribution in [0.25, 0.3) is 0 Å². The van der Waals surface area contributed by atoms with E-state index in [1.807, 2.05) is 50.2 Å². The zero-order valence-electron chi connectivity index (χ0n) is 11.9. The van der Waals surface area contributed by atoms with Crippen molar-refractivity contribution in [2.75, 3.05) is 24.3 Å². The predicted molar refractivity (Wildman–Crippen MR) is 81.3 cm³/mol. The standard InChI is InChI=1S/C16H18N2O2/c1-12-4-9-16(20-12)15(19)10-11-17-13-5-7-14(8-6-13)18(2)3/h4-11,17H,1-3H3/b11-10+.